The maximum atomic E-state index is 13.7. The van der Waals surface area contributed by atoms with Gasteiger partial charge in [0.25, 0.3) is 0 Å². The summed E-state index contributed by atoms with van der Waals surface area (Å²) < 4.78 is 13.7. The van der Waals surface area contributed by atoms with Crippen molar-refractivity contribution in [2.75, 3.05) is 11.9 Å². The van der Waals surface area contributed by atoms with Crippen LogP contribution in [0.3, 0.4) is 0 Å². The lowest BCUT2D eigenvalue weighted by atomic mass is 9.95. The third kappa shape index (κ3) is 1.69. The first-order valence-corrected chi connectivity index (χ1v) is 5.50. The summed E-state index contributed by atoms with van der Waals surface area (Å²) in [5.74, 6) is -0.686. The molecule has 1 aromatic carbocycles. The molecule has 1 aliphatic heterocycles. The number of hydrogen-bond acceptors (Lipinski definition) is 2. The number of rotatable bonds is 3. The van der Waals surface area contributed by atoms with Crippen LogP contribution in [-0.2, 0) is 11.2 Å². The second-order valence-corrected chi connectivity index (χ2v) is 4.03. The van der Waals surface area contributed by atoms with Crippen LogP contribution in [0.1, 0.15) is 30.4 Å². The molecule has 86 valence electrons. The standard InChI is InChI=1S/C12H15FN2O/c1-2-8-9-5-7(3-4-14)6-10(13)11(9)15-12(8)16/h5-6,8H,2-4,14H2,1H3,(H,15,16). The van der Waals surface area contributed by atoms with Gasteiger partial charge in [0.05, 0.1) is 11.6 Å². The summed E-state index contributed by atoms with van der Waals surface area (Å²) >= 11 is 0. The molecule has 0 saturated carbocycles. The van der Waals surface area contributed by atoms with Gasteiger partial charge in [0.1, 0.15) is 5.82 Å². The highest BCUT2D eigenvalue weighted by atomic mass is 19.1. The molecular weight excluding hydrogens is 207 g/mol. The van der Waals surface area contributed by atoms with Crippen molar-refractivity contribution in [2.24, 2.45) is 5.73 Å². The minimum Gasteiger partial charge on any atom is -0.330 e. The predicted octanol–water partition coefficient (Wildman–Crippen LogP) is 1.77. The minimum absolute atomic E-state index is 0.110. The molecule has 3 nitrogen and oxygen atoms in total. The van der Waals surface area contributed by atoms with Crippen molar-refractivity contribution >= 4 is 11.6 Å². The van der Waals surface area contributed by atoms with Crippen molar-refractivity contribution in [3.8, 4) is 0 Å². The zero-order valence-electron chi connectivity index (χ0n) is 9.22. The van der Waals surface area contributed by atoms with Crippen LogP contribution in [0.15, 0.2) is 12.1 Å². The van der Waals surface area contributed by atoms with Gasteiger partial charge in [-0.25, -0.2) is 4.39 Å². The molecule has 1 atom stereocenters. The van der Waals surface area contributed by atoms with Crippen LogP contribution < -0.4 is 11.1 Å². The molecule has 0 saturated heterocycles. The average Bonchev–Trinajstić information content (AvgIpc) is 2.55. The lowest BCUT2D eigenvalue weighted by Crippen LogP contribution is -2.10. The fraction of sp³-hybridized carbons (Fsp3) is 0.417. The largest absolute Gasteiger partial charge is 0.330 e. The molecule has 1 unspecified atom stereocenters. The molecule has 16 heavy (non-hydrogen) atoms. The molecule has 0 aliphatic carbocycles. The Labute approximate surface area is 93.8 Å². The van der Waals surface area contributed by atoms with Crippen LogP contribution in [0.5, 0.6) is 0 Å². The summed E-state index contributed by atoms with van der Waals surface area (Å²) in [6.45, 7) is 2.41. The van der Waals surface area contributed by atoms with Gasteiger partial charge in [0, 0.05) is 0 Å². The van der Waals surface area contributed by atoms with E-state index in [0.717, 1.165) is 11.1 Å². The number of amides is 1. The van der Waals surface area contributed by atoms with Crippen molar-refractivity contribution in [3.63, 3.8) is 0 Å². The van der Waals surface area contributed by atoms with Gasteiger partial charge in [-0.1, -0.05) is 13.0 Å². The molecular formula is C12H15FN2O. The van der Waals surface area contributed by atoms with Gasteiger partial charge in [-0.3, -0.25) is 4.79 Å². The highest BCUT2D eigenvalue weighted by Crippen LogP contribution is 2.37. The fourth-order valence-corrected chi connectivity index (χ4v) is 2.16. The van der Waals surface area contributed by atoms with Gasteiger partial charge in [0.15, 0.2) is 0 Å². The van der Waals surface area contributed by atoms with Crippen molar-refractivity contribution in [2.45, 2.75) is 25.7 Å². The number of fused-ring (bicyclic) bond motifs is 1. The topological polar surface area (TPSA) is 55.1 Å². The molecule has 4 heteroatoms. The smallest absolute Gasteiger partial charge is 0.232 e. The second-order valence-electron chi connectivity index (χ2n) is 4.03. The third-order valence-electron chi connectivity index (χ3n) is 2.96. The molecule has 2 rings (SSSR count). The van der Waals surface area contributed by atoms with E-state index in [2.05, 4.69) is 5.32 Å². The third-order valence-corrected chi connectivity index (χ3v) is 2.96. The quantitative estimate of drug-likeness (QED) is 0.819. The Hall–Kier alpha value is -1.42. The van der Waals surface area contributed by atoms with Crippen molar-refractivity contribution in [1.29, 1.82) is 0 Å². The van der Waals surface area contributed by atoms with Crippen LogP contribution in [0, 0.1) is 5.82 Å². The summed E-state index contributed by atoms with van der Waals surface area (Å²) in [5.41, 5.74) is 7.42. The number of nitrogens with one attached hydrogen (secondary N) is 1. The zero-order chi connectivity index (χ0) is 11.7. The minimum atomic E-state index is -0.356. The molecule has 3 N–H and O–H groups in total. The lowest BCUT2D eigenvalue weighted by molar-refractivity contribution is -0.117. The molecule has 1 aliphatic rings. The number of halogens is 1. The van der Waals surface area contributed by atoms with E-state index >= 15 is 0 Å². The average molecular weight is 222 g/mol. The van der Waals surface area contributed by atoms with Crippen LogP contribution in [0.2, 0.25) is 0 Å². The summed E-state index contributed by atoms with van der Waals surface area (Å²) in [4.78, 5) is 11.6. The van der Waals surface area contributed by atoms with E-state index in [0.29, 0.717) is 25.1 Å². The number of carbonyl (C=O) groups is 1. The second kappa shape index (κ2) is 4.22. The van der Waals surface area contributed by atoms with Gasteiger partial charge in [-0.15, -0.1) is 0 Å². The Morgan fingerprint density at radius 1 is 1.50 bits per heavy atom. The Morgan fingerprint density at radius 2 is 2.25 bits per heavy atom. The number of anilines is 1. The summed E-state index contributed by atoms with van der Waals surface area (Å²) in [6, 6.07) is 3.33. The van der Waals surface area contributed by atoms with E-state index in [1.807, 2.05) is 13.0 Å². The highest BCUT2D eigenvalue weighted by Gasteiger charge is 2.31. The molecule has 0 aromatic heterocycles. The van der Waals surface area contributed by atoms with Gasteiger partial charge in [-0.05, 0) is 36.6 Å². The summed E-state index contributed by atoms with van der Waals surface area (Å²) in [7, 11) is 0. The first-order chi connectivity index (χ1) is 7.67. The number of carbonyl (C=O) groups excluding carboxylic acids is 1. The summed E-state index contributed by atoms with van der Waals surface area (Å²) in [5, 5.41) is 2.59. The van der Waals surface area contributed by atoms with Crippen molar-refractivity contribution in [3.05, 3.63) is 29.1 Å². The number of nitrogens with two attached hydrogens (primary N) is 1. The molecule has 1 heterocycles. The van der Waals surface area contributed by atoms with Gasteiger partial charge in [-0.2, -0.15) is 0 Å². The van der Waals surface area contributed by atoms with Gasteiger partial charge < -0.3 is 11.1 Å². The fourth-order valence-electron chi connectivity index (χ4n) is 2.16. The SMILES string of the molecule is CCC1C(=O)Nc2c(F)cc(CCN)cc21. The van der Waals surface area contributed by atoms with E-state index in [-0.39, 0.29) is 17.6 Å². The molecule has 0 radical (unpaired) electrons. The number of hydrogen-bond donors (Lipinski definition) is 2. The van der Waals surface area contributed by atoms with Gasteiger partial charge >= 0.3 is 0 Å². The van der Waals surface area contributed by atoms with E-state index < -0.39 is 0 Å². The van der Waals surface area contributed by atoms with E-state index in [1.165, 1.54) is 6.07 Å². The van der Waals surface area contributed by atoms with Crippen molar-refractivity contribution < 1.29 is 9.18 Å². The normalized spacial score (nSPS) is 18.4. The molecule has 0 fully saturated rings. The van der Waals surface area contributed by atoms with Crippen LogP contribution >= 0.6 is 0 Å². The van der Waals surface area contributed by atoms with E-state index in [9.17, 15) is 9.18 Å². The number of benzene rings is 1. The first kappa shape index (κ1) is 11.1. The van der Waals surface area contributed by atoms with Crippen LogP contribution in [0.4, 0.5) is 10.1 Å². The van der Waals surface area contributed by atoms with Crippen LogP contribution in [0.25, 0.3) is 0 Å². The lowest BCUT2D eigenvalue weighted by Gasteiger charge is -2.08. The van der Waals surface area contributed by atoms with Crippen molar-refractivity contribution in [1.82, 2.24) is 0 Å². The summed E-state index contributed by atoms with van der Waals surface area (Å²) in [6.07, 6.45) is 1.32. The highest BCUT2D eigenvalue weighted by molar-refractivity contribution is 6.03. The Balaban J connectivity index is 2.46. The van der Waals surface area contributed by atoms with E-state index in [1.54, 1.807) is 0 Å². The van der Waals surface area contributed by atoms with Crippen LogP contribution in [-0.4, -0.2) is 12.5 Å². The molecule has 1 amide bonds. The van der Waals surface area contributed by atoms with Gasteiger partial charge in [0.2, 0.25) is 5.91 Å². The molecule has 1 aromatic rings. The maximum Gasteiger partial charge on any atom is 0.232 e. The monoisotopic (exact) mass is 222 g/mol. The molecule has 0 bridgehead atoms. The Bertz CT molecular complexity index is 431. The Kier molecular flexibility index (Phi) is 2.92. The maximum absolute atomic E-state index is 13.7. The predicted molar refractivity (Wildman–Crippen MR) is 60.8 cm³/mol. The van der Waals surface area contributed by atoms with E-state index in [4.69, 9.17) is 5.73 Å². The first-order valence-electron chi connectivity index (χ1n) is 5.50. The molecule has 0 spiro atoms. The Morgan fingerprint density at radius 3 is 2.88 bits per heavy atom. The zero-order valence-corrected chi connectivity index (χ0v) is 9.22.